The van der Waals surface area contributed by atoms with E-state index in [-0.39, 0.29) is 10.5 Å². The van der Waals surface area contributed by atoms with Gasteiger partial charge in [-0.05, 0) is 30.3 Å². The van der Waals surface area contributed by atoms with Crippen LogP contribution in [0.3, 0.4) is 0 Å². The van der Waals surface area contributed by atoms with Gasteiger partial charge in [-0.15, -0.1) is 0 Å². The summed E-state index contributed by atoms with van der Waals surface area (Å²) in [4.78, 5) is 11.7. The predicted octanol–water partition coefficient (Wildman–Crippen LogP) is 1.67. The molecule has 2 aromatic rings. The zero-order valence-electron chi connectivity index (χ0n) is 10.5. The largest absolute Gasteiger partial charge is 0.465 e. The maximum atomic E-state index is 11.7. The summed E-state index contributed by atoms with van der Waals surface area (Å²) in [7, 11) is -2.15. The molecular weight excluding hydrogens is 266 g/mol. The number of nitrogens with zero attached hydrogens (tertiary/aromatic N) is 1. The lowest BCUT2D eigenvalue weighted by atomic mass is 10.2. The van der Waals surface area contributed by atoms with Gasteiger partial charge in [0, 0.05) is 24.3 Å². The van der Waals surface area contributed by atoms with Gasteiger partial charge in [-0.2, -0.15) is 0 Å². The summed E-state index contributed by atoms with van der Waals surface area (Å²) < 4.78 is 29.7. The molecule has 0 fully saturated rings. The molecule has 1 aromatic carbocycles. The molecule has 0 atom stereocenters. The number of esters is 1. The molecule has 0 radical (unpaired) electrons. The standard InChI is InChI=1S/C13H13NO4S/c1-18-13(15)10-7-11(14-5-3-4-6-14)9-12(8-10)19(2,16)17/h3-9H,1-2H3. The summed E-state index contributed by atoms with van der Waals surface area (Å²) in [5.74, 6) is -0.570. The normalized spacial score (nSPS) is 11.3. The van der Waals surface area contributed by atoms with Crippen LogP contribution in [-0.4, -0.2) is 32.3 Å². The lowest BCUT2D eigenvalue weighted by molar-refractivity contribution is 0.0600. The van der Waals surface area contributed by atoms with Gasteiger partial charge in [-0.3, -0.25) is 0 Å². The molecule has 0 aliphatic heterocycles. The van der Waals surface area contributed by atoms with Crippen molar-refractivity contribution < 1.29 is 17.9 Å². The first-order chi connectivity index (χ1) is 8.91. The minimum absolute atomic E-state index is 0.0825. The smallest absolute Gasteiger partial charge is 0.337 e. The third-order valence-corrected chi connectivity index (χ3v) is 3.74. The Morgan fingerprint density at radius 1 is 1.16 bits per heavy atom. The van der Waals surface area contributed by atoms with Gasteiger partial charge >= 0.3 is 5.97 Å². The Labute approximate surface area is 111 Å². The summed E-state index contributed by atoms with van der Waals surface area (Å²) in [5, 5.41) is 0. The number of aromatic nitrogens is 1. The summed E-state index contributed by atoms with van der Waals surface area (Å²) in [6, 6.07) is 8.03. The third-order valence-electron chi connectivity index (χ3n) is 2.64. The van der Waals surface area contributed by atoms with Crippen LogP contribution in [0.15, 0.2) is 47.6 Å². The fourth-order valence-electron chi connectivity index (χ4n) is 1.69. The molecule has 0 saturated heterocycles. The minimum atomic E-state index is -3.40. The molecule has 2 rings (SSSR count). The molecule has 0 saturated carbocycles. The Morgan fingerprint density at radius 3 is 2.32 bits per heavy atom. The number of benzene rings is 1. The van der Waals surface area contributed by atoms with Crippen molar-refractivity contribution in [3.05, 3.63) is 48.3 Å². The van der Waals surface area contributed by atoms with E-state index in [1.807, 2.05) is 12.1 Å². The highest BCUT2D eigenvalue weighted by molar-refractivity contribution is 7.90. The van der Waals surface area contributed by atoms with E-state index in [0.29, 0.717) is 5.69 Å². The highest BCUT2D eigenvalue weighted by Gasteiger charge is 2.15. The van der Waals surface area contributed by atoms with Crippen molar-refractivity contribution in [3.63, 3.8) is 0 Å². The summed E-state index contributed by atoms with van der Waals surface area (Å²) in [5.41, 5.74) is 0.794. The van der Waals surface area contributed by atoms with Gasteiger partial charge < -0.3 is 9.30 Å². The van der Waals surface area contributed by atoms with Gasteiger partial charge in [0.2, 0.25) is 0 Å². The predicted molar refractivity (Wildman–Crippen MR) is 70.2 cm³/mol. The summed E-state index contributed by atoms with van der Waals surface area (Å²) in [6.45, 7) is 0. The van der Waals surface area contributed by atoms with Gasteiger partial charge in [-0.1, -0.05) is 0 Å². The van der Waals surface area contributed by atoms with Crippen LogP contribution in [0.25, 0.3) is 5.69 Å². The fraction of sp³-hybridized carbons (Fsp3) is 0.154. The van der Waals surface area contributed by atoms with E-state index in [1.165, 1.54) is 19.2 Å². The molecule has 1 heterocycles. The average molecular weight is 279 g/mol. The number of hydrogen-bond acceptors (Lipinski definition) is 4. The first-order valence-electron chi connectivity index (χ1n) is 5.48. The molecule has 0 aliphatic rings. The number of sulfone groups is 1. The van der Waals surface area contributed by atoms with Gasteiger partial charge in [0.15, 0.2) is 9.84 Å². The SMILES string of the molecule is COC(=O)c1cc(-n2cccc2)cc(S(C)(=O)=O)c1. The van der Waals surface area contributed by atoms with E-state index in [9.17, 15) is 13.2 Å². The Bertz CT molecular complexity index is 702. The molecule has 0 unspecified atom stereocenters. The van der Waals surface area contributed by atoms with Crippen molar-refractivity contribution in [2.75, 3.05) is 13.4 Å². The van der Waals surface area contributed by atoms with Crippen LogP contribution < -0.4 is 0 Å². The maximum absolute atomic E-state index is 11.7. The number of ether oxygens (including phenoxy) is 1. The van der Waals surface area contributed by atoms with Crippen LogP contribution in [0.1, 0.15) is 10.4 Å². The Kier molecular flexibility index (Phi) is 3.44. The lowest BCUT2D eigenvalue weighted by Crippen LogP contribution is -2.06. The van der Waals surface area contributed by atoms with Crippen molar-refractivity contribution in [1.82, 2.24) is 4.57 Å². The molecule has 0 spiro atoms. The zero-order chi connectivity index (χ0) is 14.0. The van der Waals surface area contributed by atoms with Gasteiger partial charge in [0.25, 0.3) is 0 Å². The van der Waals surface area contributed by atoms with Gasteiger partial charge in [0.1, 0.15) is 0 Å². The van der Waals surface area contributed by atoms with Crippen molar-refractivity contribution in [1.29, 1.82) is 0 Å². The molecule has 5 nitrogen and oxygen atoms in total. The van der Waals surface area contributed by atoms with Crippen LogP contribution in [-0.2, 0) is 14.6 Å². The number of rotatable bonds is 3. The lowest BCUT2D eigenvalue weighted by Gasteiger charge is -2.08. The summed E-state index contributed by atoms with van der Waals surface area (Å²) >= 11 is 0. The number of carbonyl (C=O) groups excluding carboxylic acids is 1. The first kappa shape index (κ1) is 13.4. The quantitative estimate of drug-likeness (QED) is 0.802. The first-order valence-corrected chi connectivity index (χ1v) is 7.38. The second kappa shape index (κ2) is 4.89. The fourth-order valence-corrected chi connectivity index (χ4v) is 2.36. The van der Waals surface area contributed by atoms with Gasteiger partial charge in [-0.25, -0.2) is 13.2 Å². The highest BCUT2D eigenvalue weighted by Crippen LogP contribution is 2.19. The van der Waals surface area contributed by atoms with E-state index in [1.54, 1.807) is 23.0 Å². The Hall–Kier alpha value is -2.08. The third kappa shape index (κ3) is 2.85. The van der Waals surface area contributed by atoms with Crippen LogP contribution in [0, 0.1) is 0 Å². The minimum Gasteiger partial charge on any atom is -0.465 e. The van der Waals surface area contributed by atoms with E-state index in [4.69, 9.17) is 0 Å². The molecule has 19 heavy (non-hydrogen) atoms. The van der Waals surface area contributed by atoms with E-state index in [0.717, 1.165) is 6.26 Å². The molecule has 6 heteroatoms. The zero-order valence-corrected chi connectivity index (χ0v) is 11.3. The molecule has 0 amide bonds. The van der Waals surface area contributed by atoms with Crippen LogP contribution in [0.4, 0.5) is 0 Å². The topological polar surface area (TPSA) is 65.4 Å². The molecule has 0 N–H and O–H groups in total. The molecule has 0 bridgehead atoms. The molecule has 0 aliphatic carbocycles. The van der Waals surface area contributed by atoms with Gasteiger partial charge in [0.05, 0.1) is 17.6 Å². The second-order valence-electron chi connectivity index (χ2n) is 4.07. The average Bonchev–Trinajstić information content (AvgIpc) is 2.90. The number of hydrogen-bond donors (Lipinski definition) is 0. The van der Waals surface area contributed by atoms with Crippen LogP contribution in [0.2, 0.25) is 0 Å². The second-order valence-corrected chi connectivity index (χ2v) is 6.09. The summed E-state index contributed by atoms with van der Waals surface area (Å²) in [6.07, 6.45) is 4.63. The van der Waals surface area contributed by atoms with Crippen molar-refractivity contribution >= 4 is 15.8 Å². The molecule has 100 valence electrons. The van der Waals surface area contributed by atoms with Crippen LogP contribution >= 0.6 is 0 Å². The van der Waals surface area contributed by atoms with Crippen LogP contribution in [0.5, 0.6) is 0 Å². The van der Waals surface area contributed by atoms with E-state index in [2.05, 4.69) is 4.74 Å². The maximum Gasteiger partial charge on any atom is 0.337 e. The number of methoxy groups -OCH3 is 1. The highest BCUT2D eigenvalue weighted by atomic mass is 32.2. The number of carbonyl (C=O) groups is 1. The molecular formula is C13H13NO4S. The van der Waals surface area contributed by atoms with E-state index < -0.39 is 15.8 Å². The monoisotopic (exact) mass is 279 g/mol. The Morgan fingerprint density at radius 2 is 1.79 bits per heavy atom. The van der Waals surface area contributed by atoms with Crippen molar-refractivity contribution in [2.24, 2.45) is 0 Å². The Balaban J connectivity index is 2.65. The molecule has 1 aromatic heterocycles. The van der Waals surface area contributed by atoms with E-state index >= 15 is 0 Å². The van der Waals surface area contributed by atoms with Crippen molar-refractivity contribution in [3.8, 4) is 5.69 Å². The van der Waals surface area contributed by atoms with Crippen molar-refractivity contribution in [2.45, 2.75) is 4.90 Å².